The van der Waals surface area contributed by atoms with Crippen LogP contribution in [0.4, 0.5) is 0 Å². The van der Waals surface area contributed by atoms with Gasteiger partial charge >= 0.3 is 5.97 Å². The number of esters is 1. The zero-order chi connectivity index (χ0) is 18.6. The molecule has 0 aliphatic rings. The number of carbonyl (C=O) groups excluding carboxylic acids is 2. The van der Waals surface area contributed by atoms with Crippen molar-refractivity contribution in [3.63, 3.8) is 0 Å². The van der Waals surface area contributed by atoms with E-state index >= 15 is 0 Å². The Hall–Kier alpha value is -0.710. The Kier molecular flexibility index (Phi) is 19.1. The number of rotatable bonds is 19. The highest BCUT2D eigenvalue weighted by Gasteiger charge is 2.10. The van der Waals surface area contributed by atoms with E-state index in [1.807, 2.05) is 0 Å². The van der Waals surface area contributed by atoms with E-state index in [0.29, 0.717) is 18.6 Å². The van der Waals surface area contributed by atoms with Crippen LogP contribution >= 0.6 is 12.6 Å². The van der Waals surface area contributed by atoms with Gasteiger partial charge in [0.05, 0.1) is 0 Å². The van der Waals surface area contributed by atoms with E-state index in [-0.39, 0.29) is 12.6 Å². The molecule has 4 nitrogen and oxygen atoms in total. The fourth-order valence-corrected chi connectivity index (χ4v) is 2.95. The van der Waals surface area contributed by atoms with Crippen molar-refractivity contribution in [3.8, 4) is 0 Å². The van der Waals surface area contributed by atoms with E-state index < -0.39 is 6.10 Å². The van der Waals surface area contributed by atoms with Gasteiger partial charge in [0.1, 0.15) is 12.7 Å². The molecule has 25 heavy (non-hydrogen) atoms. The summed E-state index contributed by atoms with van der Waals surface area (Å²) in [6.45, 7) is 2.72. The van der Waals surface area contributed by atoms with Crippen LogP contribution in [0.3, 0.4) is 0 Å². The maximum Gasteiger partial charge on any atom is 0.305 e. The fourth-order valence-electron chi connectivity index (χ4n) is 2.76. The monoisotopic (exact) mass is 374 g/mol. The molecule has 0 heterocycles. The van der Waals surface area contributed by atoms with Gasteiger partial charge in [0.25, 0.3) is 6.47 Å². The first-order valence-electron chi connectivity index (χ1n) is 10.1. The smallest absolute Gasteiger partial charge is 0.305 e. The molecule has 0 bridgehead atoms. The van der Waals surface area contributed by atoms with Crippen LogP contribution in [0, 0.1) is 0 Å². The molecule has 0 aliphatic heterocycles. The Labute approximate surface area is 159 Å². The van der Waals surface area contributed by atoms with Gasteiger partial charge in [-0.1, -0.05) is 84.0 Å². The topological polar surface area (TPSA) is 52.6 Å². The molecule has 0 spiro atoms. The maximum absolute atomic E-state index is 11.6. The molecule has 5 heteroatoms. The van der Waals surface area contributed by atoms with Crippen molar-refractivity contribution >= 4 is 25.1 Å². The molecule has 0 unspecified atom stereocenters. The largest absolute Gasteiger partial charge is 0.462 e. The van der Waals surface area contributed by atoms with Gasteiger partial charge in [-0.2, -0.15) is 12.6 Å². The number of ether oxygens (including phenoxy) is 2. The zero-order valence-electron chi connectivity index (χ0n) is 16.0. The van der Waals surface area contributed by atoms with E-state index in [4.69, 9.17) is 9.47 Å². The second-order valence-electron chi connectivity index (χ2n) is 6.71. The molecule has 0 fully saturated rings. The number of thiol groups is 1. The lowest BCUT2D eigenvalue weighted by atomic mass is 10.0. The second-order valence-corrected chi connectivity index (χ2v) is 7.08. The summed E-state index contributed by atoms with van der Waals surface area (Å²) in [5.41, 5.74) is 0. The lowest BCUT2D eigenvalue weighted by Gasteiger charge is -2.12. The lowest BCUT2D eigenvalue weighted by molar-refractivity contribution is -0.151. The molecule has 0 radical (unpaired) electrons. The van der Waals surface area contributed by atoms with Gasteiger partial charge in [-0.25, -0.2) is 0 Å². The first kappa shape index (κ1) is 24.3. The lowest BCUT2D eigenvalue weighted by Crippen LogP contribution is -2.23. The highest BCUT2D eigenvalue weighted by Crippen LogP contribution is 2.13. The van der Waals surface area contributed by atoms with Crippen LogP contribution < -0.4 is 0 Å². The van der Waals surface area contributed by atoms with E-state index in [9.17, 15) is 9.59 Å². The van der Waals surface area contributed by atoms with Gasteiger partial charge in [-0.3, -0.25) is 9.59 Å². The summed E-state index contributed by atoms with van der Waals surface area (Å²) in [5, 5.41) is 0. The SMILES string of the molecule is CCCCCCCCCCCCCCCC(=O)OC[C@H](CS)OC=O. The van der Waals surface area contributed by atoms with Gasteiger partial charge in [-0.15, -0.1) is 0 Å². The summed E-state index contributed by atoms with van der Waals surface area (Å²) in [6, 6.07) is 0. The predicted molar refractivity (Wildman–Crippen MR) is 106 cm³/mol. The van der Waals surface area contributed by atoms with Crippen molar-refractivity contribution in [1.29, 1.82) is 0 Å². The molecule has 0 aromatic carbocycles. The Morgan fingerprint density at radius 1 is 0.880 bits per heavy atom. The van der Waals surface area contributed by atoms with E-state index in [2.05, 4.69) is 19.6 Å². The van der Waals surface area contributed by atoms with Gasteiger partial charge in [0, 0.05) is 12.2 Å². The van der Waals surface area contributed by atoms with Crippen LogP contribution in [0.2, 0.25) is 0 Å². The molecule has 0 rings (SSSR count). The van der Waals surface area contributed by atoms with Gasteiger partial charge < -0.3 is 9.47 Å². The summed E-state index contributed by atoms with van der Waals surface area (Å²) in [6.07, 6.45) is 16.7. The molecule has 1 atom stereocenters. The van der Waals surface area contributed by atoms with Crippen molar-refractivity contribution in [3.05, 3.63) is 0 Å². The molecule has 0 saturated carbocycles. The molecule has 0 aromatic heterocycles. The Bertz CT molecular complexity index is 310. The third-order valence-corrected chi connectivity index (χ3v) is 4.77. The van der Waals surface area contributed by atoms with E-state index in [1.165, 1.54) is 70.6 Å². The van der Waals surface area contributed by atoms with Crippen molar-refractivity contribution in [2.45, 2.75) is 103 Å². The maximum atomic E-state index is 11.6. The summed E-state index contributed by atoms with van der Waals surface area (Å²) >= 11 is 4.04. The van der Waals surface area contributed by atoms with Crippen LogP contribution in [-0.2, 0) is 19.1 Å². The van der Waals surface area contributed by atoms with Crippen molar-refractivity contribution in [2.75, 3.05) is 12.4 Å². The van der Waals surface area contributed by atoms with Crippen molar-refractivity contribution < 1.29 is 19.1 Å². The van der Waals surface area contributed by atoms with Gasteiger partial charge in [0.2, 0.25) is 0 Å². The normalized spacial score (nSPS) is 11.9. The minimum Gasteiger partial charge on any atom is -0.462 e. The zero-order valence-corrected chi connectivity index (χ0v) is 16.9. The van der Waals surface area contributed by atoms with Crippen LogP contribution in [0.15, 0.2) is 0 Å². The highest BCUT2D eigenvalue weighted by atomic mass is 32.1. The van der Waals surface area contributed by atoms with Crippen LogP contribution in [-0.4, -0.2) is 30.9 Å². The first-order chi connectivity index (χ1) is 12.2. The number of hydrogen-bond acceptors (Lipinski definition) is 5. The molecular formula is C20H38O4S. The van der Waals surface area contributed by atoms with Crippen LogP contribution in [0.25, 0.3) is 0 Å². The average Bonchev–Trinajstić information content (AvgIpc) is 2.62. The summed E-state index contributed by atoms with van der Waals surface area (Å²) in [5.74, 6) is 0.134. The van der Waals surface area contributed by atoms with Gasteiger partial charge in [0.15, 0.2) is 0 Å². The first-order valence-corrected chi connectivity index (χ1v) is 10.7. The molecule has 0 saturated heterocycles. The summed E-state index contributed by atoms with van der Waals surface area (Å²) < 4.78 is 9.81. The molecule has 0 aromatic rings. The molecule has 0 aliphatic carbocycles. The quantitative estimate of drug-likeness (QED) is 0.141. The summed E-state index contributed by atoms with van der Waals surface area (Å²) in [4.78, 5) is 21.8. The Morgan fingerprint density at radius 3 is 1.80 bits per heavy atom. The number of hydrogen-bond donors (Lipinski definition) is 1. The fraction of sp³-hybridized carbons (Fsp3) is 0.900. The number of carbonyl (C=O) groups is 2. The molecule has 0 amide bonds. The second kappa shape index (κ2) is 19.6. The van der Waals surface area contributed by atoms with Crippen LogP contribution in [0.5, 0.6) is 0 Å². The minimum atomic E-state index is -0.448. The Balaban J connectivity index is 3.27. The number of unbranched alkanes of at least 4 members (excludes halogenated alkanes) is 12. The molecule has 148 valence electrons. The third kappa shape index (κ3) is 17.9. The minimum absolute atomic E-state index is 0.0967. The van der Waals surface area contributed by atoms with Crippen molar-refractivity contribution in [2.24, 2.45) is 0 Å². The summed E-state index contributed by atoms with van der Waals surface area (Å²) in [7, 11) is 0. The van der Waals surface area contributed by atoms with Crippen LogP contribution in [0.1, 0.15) is 96.8 Å². The highest BCUT2D eigenvalue weighted by molar-refractivity contribution is 7.80. The van der Waals surface area contributed by atoms with E-state index in [1.54, 1.807) is 0 Å². The standard InChI is InChI=1S/C20H38O4S/c1-2-3-4-5-6-7-8-9-10-11-12-13-14-15-20(22)23-16-19(17-25)24-18-21/h18-19,25H,2-17H2,1H3/t19-/m1/s1. The molecule has 0 N–H and O–H groups in total. The third-order valence-electron chi connectivity index (χ3n) is 4.37. The van der Waals surface area contributed by atoms with Crippen molar-refractivity contribution in [1.82, 2.24) is 0 Å². The predicted octanol–water partition coefficient (Wildman–Crippen LogP) is 5.48. The van der Waals surface area contributed by atoms with Gasteiger partial charge in [-0.05, 0) is 6.42 Å². The van der Waals surface area contributed by atoms with E-state index in [0.717, 1.165) is 12.8 Å². The Morgan fingerprint density at radius 2 is 1.36 bits per heavy atom. The average molecular weight is 375 g/mol. The molecular weight excluding hydrogens is 336 g/mol.